The van der Waals surface area contributed by atoms with Crippen LogP contribution in [0.15, 0.2) is 113 Å². The molecule has 1 aliphatic rings. The van der Waals surface area contributed by atoms with E-state index in [1.54, 1.807) is 0 Å². The predicted octanol–water partition coefficient (Wildman–Crippen LogP) is 7.34. The Morgan fingerprint density at radius 2 is 0.939 bits per heavy atom. The molecule has 4 aromatic carbocycles. The summed E-state index contributed by atoms with van der Waals surface area (Å²) in [5.74, 6) is 2.08. The van der Waals surface area contributed by atoms with Crippen LogP contribution >= 0.6 is 10.0 Å². The molecule has 0 spiro atoms. The van der Waals surface area contributed by atoms with E-state index in [1.807, 2.05) is 60.7 Å². The van der Waals surface area contributed by atoms with Crippen molar-refractivity contribution in [2.45, 2.75) is 9.79 Å². The zero-order valence-corrected chi connectivity index (χ0v) is 19.4. The summed E-state index contributed by atoms with van der Waals surface area (Å²) in [7, 11) is -1.09. The zero-order valence-electron chi connectivity index (χ0n) is 18.6. The highest BCUT2D eigenvalue weighted by atomic mass is 32.3. The second kappa shape index (κ2) is 7.68. The number of benzene rings is 4. The summed E-state index contributed by atoms with van der Waals surface area (Å²) >= 11 is 0. The van der Waals surface area contributed by atoms with E-state index >= 15 is 0 Å². The summed E-state index contributed by atoms with van der Waals surface area (Å²) in [6.45, 7) is 0. The van der Waals surface area contributed by atoms with Crippen molar-refractivity contribution in [1.29, 1.82) is 0 Å². The van der Waals surface area contributed by atoms with E-state index in [0.717, 1.165) is 16.7 Å². The van der Waals surface area contributed by atoms with E-state index in [1.165, 1.54) is 20.9 Å². The molecule has 5 aromatic rings. The first-order valence-corrected chi connectivity index (χ1v) is 13.4. The minimum absolute atomic E-state index is 0.690. The van der Waals surface area contributed by atoms with Gasteiger partial charge in [0.05, 0.1) is 0 Å². The second-order valence-corrected chi connectivity index (χ2v) is 12.1. The number of aromatic nitrogens is 3. The first-order valence-electron chi connectivity index (χ1n) is 11.0. The Morgan fingerprint density at radius 3 is 1.55 bits per heavy atom. The maximum Gasteiger partial charge on any atom is 0.164 e. The van der Waals surface area contributed by atoms with E-state index in [-0.39, 0.29) is 0 Å². The predicted molar refractivity (Wildman–Crippen MR) is 138 cm³/mol. The molecule has 0 bridgehead atoms. The lowest BCUT2D eigenvalue weighted by molar-refractivity contribution is 1.07. The monoisotopic (exact) mass is 445 g/mol. The average Bonchev–Trinajstić information content (AvgIpc) is 3.11. The first kappa shape index (κ1) is 19.9. The fraction of sp³-hybridized carbons (Fsp3) is 0.0690. The Labute approximate surface area is 195 Å². The molecule has 33 heavy (non-hydrogen) atoms. The quantitative estimate of drug-likeness (QED) is 0.292. The van der Waals surface area contributed by atoms with Gasteiger partial charge in [-0.05, 0) is 35.8 Å². The van der Waals surface area contributed by atoms with Crippen LogP contribution in [0, 0.1) is 0 Å². The molecular weight excluding hydrogens is 422 g/mol. The Hall–Kier alpha value is -3.76. The average molecular weight is 446 g/mol. The van der Waals surface area contributed by atoms with Crippen LogP contribution in [0.25, 0.3) is 45.3 Å². The summed E-state index contributed by atoms with van der Waals surface area (Å²) in [5.41, 5.74) is 5.68. The molecular formula is C29H23N3S. The van der Waals surface area contributed by atoms with Gasteiger partial charge < -0.3 is 0 Å². The molecule has 0 fully saturated rings. The molecule has 0 amide bonds. The van der Waals surface area contributed by atoms with Crippen molar-refractivity contribution in [3.63, 3.8) is 0 Å². The number of nitrogens with zero attached hydrogens (tertiary/aromatic N) is 3. The van der Waals surface area contributed by atoms with Crippen molar-refractivity contribution in [3.8, 4) is 45.3 Å². The van der Waals surface area contributed by atoms with Gasteiger partial charge in [-0.25, -0.2) is 15.0 Å². The lowest BCUT2D eigenvalue weighted by Crippen LogP contribution is -2.00. The third kappa shape index (κ3) is 3.35. The van der Waals surface area contributed by atoms with Gasteiger partial charge >= 0.3 is 0 Å². The number of hydrogen-bond acceptors (Lipinski definition) is 3. The van der Waals surface area contributed by atoms with Crippen LogP contribution in [0.3, 0.4) is 0 Å². The van der Waals surface area contributed by atoms with Crippen LogP contribution in [-0.4, -0.2) is 27.5 Å². The largest absolute Gasteiger partial charge is 0.208 e. The van der Waals surface area contributed by atoms with Crippen molar-refractivity contribution < 1.29 is 0 Å². The van der Waals surface area contributed by atoms with Crippen LogP contribution in [0.1, 0.15) is 0 Å². The summed E-state index contributed by atoms with van der Waals surface area (Å²) < 4.78 is 0. The number of rotatable bonds is 3. The molecule has 0 aliphatic carbocycles. The van der Waals surface area contributed by atoms with Gasteiger partial charge in [0.1, 0.15) is 0 Å². The Morgan fingerprint density at radius 1 is 0.455 bits per heavy atom. The number of fused-ring (bicyclic) bond motifs is 3. The van der Waals surface area contributed by atoms with Crippen LogP contribution in [-0.2, 0) is 0 Å². The minimum atomic E-state index is -1.09. The van der Waals surface area contributed by atoms with Gasteiger partial charge in [0.2, 0.25) is 0 Å². The van der Waals surface area contributed by atoms with E-state index < -0.39 is 10.0 Å². The van der Waals surface area contributed by atoms with Crippen molar-refractivity contribution in [3.05, 3.63) is 103 Å². The SMILES string of the molecule is CS1(C)c2ccccc2-c2ccc(-c3nc(-c4ccccc4)nc(-c4ccccc4)n3)cc21. The summed E-state index contributed by atoms with van der Waals surface area (Å²) in [6, 6.07) is 35.7. The van der Waals surface area contributed by atoms with Crippen molar-refractivity contribution in [1.82, 2.24) is 15.0 Å². The first-order chi connectivity index (χ1) is 16.1. The fourth-order valence-electron chi connectivity index (χ4n) is 4.50. The molecule has 0 unspecified atom stereocenters. The van der Waals surface area contributed by atoms with Gasteiger partial charge in [0.25, 0.3) is 0 Å². The smallest absolute Gasteiger partial charge is 0.164 e. The Bertz CT molecular complexity index is 1420. The lowest BCUT2D eigenvalue weighted by atomic mass is 10.0. The summed E-state index contributed by atoms with van der Waals surface area (Å²) in [5, 5.41) is 0. The van der Waals surface area contributed by atoms with Gasteiger partial charge in [0.15, 0.2) is 17.5 Å². The highest BCUT2D eigenvalue weighted by Gasteiger charge is 2.31. The lowest BCUT2D eigenvalue weighted by Gasteiger charge is -2.28. The zero-order chi connectivity index (χ0) is 22.4. The molecule has 2 heterocycles. The molecule has 0 atom stereocenters. The maximum atomic E-state index is 4.91. The normalized spacial score (nSPS) is 14.4. The number of hydrogen-bond donors (Lipinski definition) is 0. The standard InChI is InChI=1S/C29H23N3S/c1-33(2)25-16-10-9-15-23(25)24-18-17-22(19-26(24)33)29-31-27(20-11-5-3-6-12-20)30-28(32-29)21-13-7-4-8-14-21/h3-19H,1-2H3. The molecule has 0 saturated heterocycles. The molecule has 0 N–H and O–H groups in total. The van der Waals surface area contributed by atoms with E-state index in [9.17, 15) is 0 Å². The van der Waals surface area contributed by atoms with Gasteiger partial charge in [0, 0.05) is 26.5 Å². The minimum Gasteiger partial charge on any atom is -0.208 e. The molecule has 6 rings (SSSR count). The molecule has 3 nitrogen and oxygen atoms in total. The van der Waals surface area contributed by atoms with Crippen LogP contribution in [0.4, 0.5) is 0 Å². The molecule has 160 valence electrons. The third-order valence-corrected chi connectivity index (χ3v) is 9.11. The molecule has 1 aromatic heterocycles. The van der Waals surface area contributed by atoms with Crippen LogP contribution in [0.2, 0.25) is 0 Å². The van der Waals surface area contributed by atoms with Crippen LogP contribution < -0.4 is 0 Å². The van der Waals surface area contributed by atoms with Gasteiger partial charge in [-0.3, -0.25) is 0 Å². The van der Waals surface area contributed by atoms with E-state index in [2.05, 4.69) is 55.0 Å². The maximum absolute atomic E-state index is 4.91. The van der Waals surface area contributed by atoms with Crippen molar-refractivity contribution in [2.75, 3.05) is 12.5 Å². The Balaban J connectivity index is 1.54. The van der Waals surface area contributed by atoms with Gasteiger partial charge in [-0.2, -0.15) is 10.0 Å². The van der Waals surface area contributed by atoms with E-state index in [0.29, 0.717) is 17.5 Å². The Kier molecular flexibility index (Phi) is 4.63. The molecule has 0 radical (unpaired) electrons. The molecule has 0 saturated carbocycles. The highest BCUT2D eigenvalue weighted by molar-refractivity contribution is 8.33. The summed E-state index contributed by atoms with van der Waals surface area (Å²) in [6.07, 6.45) is 4.75. The van der Waals surface area contributed by atoms with Crippen molar-refractivity contribution in [2.24, 2.45) is 0 Å². The summed E-state index contributed by atoms with van der Waals surface area (Å²) in [4.78, 5) is 17.5. The van der Waals surface area contributed by atoms with Gasteiger partial charge in [-0.1, -0.05) is 91.0 Å². The van der Waals surface area contributed by atoms with Crippen LogP contribution in [0.5, 0.6) is 0 Å². The third-order valence-electron chi connectivity index (χ3n) is 6.22. The van der Waals surface area contributed by atoms with E-state index in [4.69, 9.17) is 15.0 Å². The molecule has 4 heteroatoms. The second-order valence-electron chi connectivity index (χ2n) is 8.57. The fourth-order valence-corrected chi connectivity index (χ4v) is 7.03. The highest BCUT2D eigenvalue weighted by Crippen LogP contribution is 2.67. The van der Waals surface area contributed by atoms with Crippen molar-refractivity contribution >= 4 is 10.0 Å². The van der Waals surface area contributed by atoms with Gasteiger partial charge in [-0.15, -0.1) is 0 Å². The topological polar surface area (TPSA) is 38.7 Å². The molecule has 1 aliphatic heterocycles.